The topological polar surface area (TPSA) is 63.2 Å². The predicted octanol–water partition coefficient (Wildman–Crippen LogP) is 3.19. The molecule has 0 unspecified atom stereocenters. The van der Waals surface area contributed by atoms with Crippen LogP contribution in [0.15, 0.2) is 23.1 Å². The van der Waals surface area contributed by atoms with Gasteiger partial charge in [0.05, 0.1) is 15.5 Å². The Morgan fingerprint density at radius 1 is 1.37 bits per heavy atom. The molecule has 1 aromatic carbocycles. The maximum absolute atomic E-state index is 12.1. The third-order valence-electron chi connectivity index (χ3n) is 2.80. The number of benzene rings is 1. The number of carbonyl (C=O) groups excluding carboxylic acids is 1. The zero-order valence-electron chi connectivity index (χ0n) is 10.8. The summed E-state index contributed by atoms with van der Waals surface area (Å²) in [6, 6.07) is 3.77. The van der Waals surface area contributed by atoms with Crippen molar-refractivity contribution in [2.75, 3.05) is 0 Å². The van der Waals surface area contributed by atoms with Gasteiger partial charge in [-0.15, -0.1) is 0 Å². The molecule has 1 rings (SSSR count). The van der Waals surface area contributed by atoms with Crippen LogP contribution in [0, 0.1) is 0 Å². The smallest absolute Gasteiger partial charge is 0.261 e. The molecule has 1 aromatic rings. The summed E-state index contributed by atoms with van der Waals surface area (Å²) in [6.45, 7) is 5.66. The Morgan fingerprint density at radius 2 is 1.95 bits per heavy atom. The molecule has 7 heteroatoms. The fraction of sp³-hybridized carbons (Fsp3) is 0.417. The molecular weight excluding hydrogens is 309 g/mol. The van der Waals surface area contributed by atoms with E-state index in [1.54, 1.807) is 0 Å². The molecule has 0 atom stereocenters. The quantitative estimate of drug-likeness (QED) is 0.865. The van der Waals surface area contributed by atoms with Gasteiger partial charge in [0.2, 0.25) is 0 Å². The second-order valence-electron chi connectivity index (χ2n) is 4.77. The number of carbonyl (C=O) groups is 1. The van der Waals surface area contributed by atoms with Crippen LogP contribution in [-0.4, -0.2) is 19.9 Å². The second-order valence-corrected chi connectivity index (χ2v) is 7.74. The Balaban J connectivity index is 3.17. The van der Waals surface area contributed by atoms with Gasteiger partial charge in [-0.1, -0.05) is 18.5 Å². The van der Waals surface area contributed by atoms with Gasteiger partial charge in [-0.3, -0.25) is 4.79 Å². The Kier molecular flexibility index (Phi) is 4.87. The molecular formula is C12H15Cl2NO3S. The Labute approximate surface area is 122 Å². The first-order chi connectivity index (χ1) is 8.57. The van der Waals surface area contributed by atoms with Crippen molar-refractivity contribution in [2.24, 2.45) is 0 Å². The largest absolute Gasteiger partial charge is 0.347 e. The summed E-state index contributed by atoms with van der Waals surface area (Å²) in [5.74, 6) is -0.431. The van der Waals surface area contributed by atoms with Crippen LogP contribution >= 0.6 is 22.3 Å². The van der Waals surface area contributed by atoms with Gasteiger partial charge in [0.1, 0.15) is 0 Å². The molecule has 0 fully saturated rings. The highest BCUT2D eigenvalue weighted by Gasteiger charge is 2.22. The van der Waals surface area contributed by atoms with Gasteiger partial charge in [-0.2, -0.15) is 0 Å². The minimum absolute atomic E-state index is 0.0879. The molecule has 1 N–H and O–H groups in total. The molecule has 4 nitrogen and oxygen atoms in total. The molecule has 0 aliphatic carbocycles. The number of rotatable bonds is 4. The van der Waals surface area contributed by atoms with E-state index in [2.05, 4.69) is 5.32 Å². The SMILES string of the molecule is CCC(C)(C)NC(=O)c1cc(S(=O)(=O)Cl)ccc1Cl. The summed E-state index contributed by atoms with van der Waals surface area (Å²) in [6.07, 6.45) is 0.726. The monoisotopic (exact) mass is 323 g/mol. The molecule has 0 saturated carbocycles. The van der Waals surface area contributed by atoms with E-state index in [1.165, 1.54) is 18.2 Å². The average Bonchev–Trinajstić information content (AvgIpc) is 2.27. The van der Waals surface area contributed by atoms with Gasteiger partial charge in [0.15, 0.2) is 0 Å². The molecule has 0 heterocycles. The zero-order valence-corrected chi connectivity index (χ0v) is 13.2. The van der Waals surface area contributed by atoms with Crippen LogP contribution in [0.1, 0.15) is 37.6 Å². The van der Waals surface area contributed by atoms with Crippen molar-refractivity contribution in [1.29, 1.82) is 0 Å². The predicted molar refractivity (Wildman–Crippen MR) is 76.3 cm³/mol. The van der Waals surface area contributed by atoms with Crippen LogP contribution in [0.2, 0.25) is 5.02 Å². The molecule has 0 saturated heterocycles. The van der Waals surface area contributed by atoms with Crippen molar-refractivity contribution in [2.45, 2.75) is 37.6 Å². The molecule has 0 aliphatic rings. The van der Waals surface area contributed by atoms with Crippen LogP contribution in [-0.2, 0) is 9.05 Å². The van der Waals surface area contributed by atoms with Crippen LogP contribution in [0.4, 0.5) is 0 Å². The Hall–Kier alpha value is -0.780. The van der Waals surface area contributed by atoms with Gasteiger partial charge < -0.3 is 5.32 Å². The molecule has 19 heavy (non-hydrogen) atoms. The Morgan fingerprint density at radius 3 is 2.42 bits per heavy atom. The minimum atomic E-state index is -3.89. The van der Waals surface area contributed by atoms with E-state index < -0.39 is 20.5 Å². The molecule has 0 aliphatic heterocycles. The van der Waals surface area contributed by atoms with Crippen molar-refractivity contribution in [3.63, 3.8) is 0 Å². The number of hydrogen-bond acceptors (Lipinski definition) is 3. The normalized spacial score (nSPS) is 12.3. The van der Waals surface area contributed by atoms with E-state index in [1.807, 2.05) is 20.8 Å². The molecule has 0 aromatic heterocycles. The third kappa shape index (κ3) is 4.37. The first kappa shape index (κ1) is 16.3. The summed E-state index contributed by atoms with van der Waals surface area (Å²) in [4.78, 5) is 11.9. The maximum Gasteiger partial charge on any atom is 0.261 e. The van der Waals surface area contributed by atoms with Crippen molar-refractivity contribution in [3.05, 3.63) is 28.8 Å². The minimum Gasteiger partial charge on any atom is -0.347 e. The lowest BCUT2D eigenvalue weighted by atomic mass is 10.0. The number of halogens is 2. The first-order valence-electron chi connectivity index (χ1n) is 5.63. The van der Waals surface area contributed by atoms with E-state index >= 15 is 0 Å². The zero-order chi connectivity index (χ0) is 14.8. The van der Waals surface area contributed by atoms with Gasteiger partial charge in [0.25, 0.3) is 15.0 Å². The van der Waals surface area contributed by atoms with E-state index in [9.17, 15) is 13.2 Å². The number of amides is 1. The molecule has 1 amide bonds. The number of hydrogen-bond donors (Lipinski definition) is 1. The highest BCUT2D eigenvalue weighted by Crippen LogP contribution is 2.23. The second kappa shape index (κ2) is 5.69. The summed E-state index contributed by atoms with van der Waals surface area (Å²) in [5.41, 5.74) is -0.319. The fourth-order valence-electron chi connectivity index (χ4n) is 1.29. The standard InChI is InChI=1S/C12H15Cl2NO3S/c1-4-12(2,3)15-11(16)9-7-8(19(14,17)18)5-6-10(9)13/h5-7H,4H2,1-3H3,(H,15,16). The van der Waals surface area contributed by atoms with Crippen LogP contribution < -0.4 is 5.32 Å². The molecule has 0 spiro atoms. The third-order valence-corrected chi connectivity index (χ3v) is 4.48. The van der Waals surface area contributed by atoms with Crippen LogP contribution in [0.3, 0.4) is 0 Å². The van der Waals surface area contributed by atoms with Crippen molar-refractivity contribution >= 4 is 37.2 Å². The van der Waals surface area contributed by atoms with Gasteiger partial charge >= 0.3 is 0 Å². The summed E-state index contributed by atoms with van der Waals surface area (Å²) in [7, 11) is 1.35. The van der Waals surface area contributed by atoms with E-state index in [-0.39, 0.29) is 15.5 Å². The summed E-state index contributed by atoms with van der Waals surface area (Å²) < 4.78 is 22.5. The average molecular weight is 324 g/mol. The van der Waals surface area contributed by atoms with E-state index in [0.29, 0.717) is 0 Å². The van der Waals surface area contributed by atoms with Crippen LogP contribution in [0.5, 0.6) is 0 Å². The molecule has 0 bridgehead atoms. The number of nitrogens with one attached hydrogen (secondary N) is 1. The summed E-state index contributed by atoms with van der Waals surface area (Å²) >= 11 is 5.91. The van der Waals surface area contributed by atoms with Crippen molar-refractivity contribution in [1.82, 2.24) is 5.32 Å². The highest BCUT2D eigenvalue weighted by molar-refractivity contribution is 8.13. The van der Waals surface area contributed by atoms with Crippen molar-refractivity contribution < 1.29 is 13.2 Å². The lowest BCUT2D eigenvalue weighted by molar-refractivity contribution is 0.0911. The van der Waals surface area contributed by atoms with Gasteiger partial charge in [0, 0.05) is 16.2 Å². The first-order valence-corrected chi connectivity index (χ1v) is 8.32. The van der Waals surface area contributed by atoms with E-state index in [0.717, 1.165) is 6.42 Å². The Bertz CT molecular complexity index is 597. The fourth-order valence-corrected chi connectivity index (χ4v) is 2.27. The molecule has 106 valence electrons. The maximum atomic E-state index is 12.1. The molecule has 0 radical (unpaired) electrons. The van der Waals surface area contributed by atoms with E-state index in [4.69, 9.17) is 22.3 Å². The van der Waals surface area contributed by atoms with Gasteiger partial charge in [-0.25, -0.2) is 8.42 Å². The summed E-state index contributed by atoms with van der Waals surface area (Å²) in [5, 5.41) is 2.95. The van der Waals surface area contributed by atoms with Crippen molar-refractivity contribution in [3.8, 4) is 0 Å². The lowest BCUT2D eigenvalue weighted by Gasteiger charge is -2.24. The van der Waals surface area contributed by atoms with Gasteiger partial charge in [-0.05, 0) is 38.5 Å². The highest BCUT2D eigenvalue weighted by atomic mass is 35.7. The lowest BCUT2D eigenvalue weighted by Crippen LogP contribution is -2.42. The van der Waals surface area contributed by atoms with Crippen LogP contribution in [0.25, 0.3) is 0 Å².